The van der Waals surface area contributed by atoms with Crippen molar-refractivity contribution in [3.8, 4) is 5.75 Å². The third-order valence-electron chi connectivity index (χ3n) is 2.88. The molecule has 7 heteroatoms. The number of rotatable bonds is 5. The SMILES string of the molecule is Cc1cccc(NC(=O)COc2c(Br)cc(/C=N/O)cc2Br)c1. The van der Waals surface area contributed by atoms with Gasteiger partial charge in [0.1, 0.15) is 5.75 Å². The molecule has 0 fully saturated rings. The van der Waals surface area contributed by atoms with Gasteiger partial charge in [0.05, 0.1) is 15.2 Å². The Bertz CT molecular complexity index is 725. The molecule has 0 unspecified atom stereocenters. The Labute approximate surface area is 150 Å². The van der Waals surface area contributed by atoms with E-state index in [-0.39, 0.29) is 12.5 Å². The van der Waals surface area contributed by atoms with Gasteiger partial charge >= 0.3 is 0 Å². The highest BCUT2D eigenvalue weighted by atomic mass is 79.9. The van der Waals surface area contributed by atoms with Crippen molar-refractivity contribution in [1.82, 2.24) is 0 Å². The summed E-state index contributed by atoms with van der Waals surface area (Å²) in [7, 11) is 0. The van der Waals surface area contributed by atoms with Crippen molar-refractivity contribution in [3.63, 3.8) is 0 Å². The molecule has 0 bridgehead atoms. The highest BCUT2D eigenvalue weighted by Gasteiger charge is 2.11. The average molecular weight is 442 g/mol. The van der Waals surface area contributed by atoms with Crippen LogP contribution in [0.15, 0.2) is 50.5 Å². The lowest BCUT2D eigenvalue weighted by atomic mass is 10.2. The van der Waals surface area contributed by atoms with Crippen LogP contribution in [0.5, 0.6) is 5.75 Å². The summed E-state index contributed by atoms with van der Waals surface area (Å²) in [6.45, 7) is 1.83. The molecule has 0 saturated heterocycles. The van der Waals surface area contributed by atoms with Gasteiger partial charge in [-0.15, -0.1) is 0 Å². The fraction of sp³-hybridized carbons (Fsp3) is 0.125. The summed E-state index contributed by atoms with van der Waals surface area (Å²) in [5.41, 5.74) is 2.48. The minimum absolute atomic E-state index is 0.126. The van der Waals surface area contributed by atoms with Crippen molar-refractivity contribution in [2.24, 2.45) is 5.16 Å². The maximum atomic E-state index is 12.0. The Kier molecular flexibility index (Phi) is 6.18. The smallest absolute Gasteiger partial charge is 0.262 e. The Morgan fingerprint density at radius 3 is 2.61 bits per heavy atom. The minimum Gasteiger partial charge on any atom is -0.481 e. The van der Waals surface area contributed by atoms with E-state index < -0.39 is 0 Å². The van der Waals surface area contributed by atoms with E-state index in [9.17, 15) is 4.79 Å². The monoisotopic (exact) mass is 440 g/mol. The third-order valence-corrected chi connectivity index (χ3v) is 4.05. The molecular weight excluding hydrogens is 428 g/mol. The van der Waals surface area contributed by atoms with Crippen LogP contribution in [0.25, 0.3) is 0 Å². The zero-order valence-electron chi connectivity index (χ0n) is 12.2. The molecule has 0 heterocycles. The van der Waals surface area contributed by atoms with E-state index in [1.54, 1.807) is 12.1 Å². The van der Waals surface area contributed by atoms with Crippen LogP contribution in [-0.2, 0) is 4.79 Å². The molecule has 5 nitrogen and oxygen atoms in total. The number of aryl methyl sites for hydroxylation is 1. The summed E-state index contributed by atoms with van der Waals surface area (Å²) in [6, 6.07) is 11.0. The number of ether oxygens (including phenoxy) is 1. The maximum Gasteiger partial charge on any atom is 0.262 e. The lowest BCUT2D eigenvalue weighted by Crippen LogP contribution is -2.20. The lowest BCUT2D eigenvalue weighted by molar-refractivity contribution is -0.118. The average Bonchev–Trinajstić information content (AvgIpc) is 2.46. The molecule has 2 N–H and O–H groups in total. The summed E-state index contributed by atoms with van der Waals surface area (Å²) in [5, 5.41) is 14.3. The predicted molar refractivity (Wildman–Crippen MR) is 96.5 cm³/mol. The number of oxime groups is 1. The molecular formula is C16H14Br2N2O3. The quantitative estimate of drug-likeness (QED) is 0.411. The molecule has 0 saturated carbocycles. The number of hydrogen-bond acceptors (Lipinski definition) is 4. The fourth-order valence-corrected chi connectivity index (χ4v) is 3.37. The summed E-state index contributed by atoms with van der Waals surface area (Å²) in [4.78, 5) is 12.0. The van der Waals surface area contributed by atoms with Crippen LogP contribution >= 0.6 is 31.9 Å². The number of halogens is 2. The van der Waals surface area contributed by atoms with Crippen molar-refractivity contribution in [1.29, 1.82) is 0 Å². The summed E-state index contributed by atoms with van der Waals surface area (Å²) >= 11 is 6.73. The van der Waals surface area contributed by atoms with Gasteiger partial charge in [0.15, 0.2) is 6.61 Å². The van der Waals surface area contributed by atoms with Crippen LogP contribution in [0, 0.1) is 6.92 Å². The molecule has 0 radical (unpaired) electrons. The first-order valence-corrected chi connectivity index (χ1v) is 8.24. The summed E-state index contributed by atoms with van der Waals surface area (Å²) < 4.78 is 6.84. The second-order valence-electron chi connectivity index (χ2n) is 4.76. The second kappa shape index (κ2) is 8.12. The third kappa shape index (κ3) is 5.07. The Morgan fingerprint density at radius 1 is 1.30 bits per heavy atom. The van der Waals surface area contributed by atoms with Gasteiger partial charge in [-0.1, -0.05) is 17.3 Å². The number of hydrogen-bond donors (Lipinski definition) is 2. The van der Waals surface area contributed by atoms with Crippen LogP contribution in [-0.4, -0.2) is 23.9 Å². The van der Waals surface area contributed by atoms with E-state index >= 15 is 0 Å². The summed E-state index contributed by atoms with van der Waals surface area (Å²) in [6.07, 6.45) is 1.30. The number of carbonyl (C=O) groups excluding carboxylic acids is 1. The Hall–Kier alpha value is -1.86. The van der Waals surface area contributed by atoms with Crippen LogP contribution in [0.2, 0.25) is 0 Å². The first kappa shape index (κ1) is 17.5. The largest absolute Gasteiger partial charge is 0.481 e. The number of nitrogens with zero attached hydrogens (tertiary/aromatic N) is 1. The number of carbonyl (C=O) groups is 1. The van der Waals surface area contributed by atoms with E-state index in [2.05, 4.69) is 42.3 Å². The van der Waals surface area contributed by atoms with E-state index in [1.165, 1.54) is 6.21 Å². The topological polar surface area (TPSA) is 70.9 Å². The van der Waals surface area contributed by atoms with Crippen LogP contribution < -0.4 is 10.1 Å². The predicted octanol–water partition coefficient (Wildman–Crippen LogP) is 4.35. The van der Waals surface area contributed by atoms with E-state index in [0.717, 1.165) is 11.3 Å². The molecule has 2 rings (SSSR count). The molecule has 2 aromatic carbocycles. The van der Waals surface area contributed by atoms with Crippen molar-refractivity contribution in [3.05, 3.63) is 56.5 Å². The molecule has 0 aromatic heterocycles. The van der Waals surface area contributed by atoms with Crippen molar-refractivity contribution in [2.45, 2.75) is 6.92 Å². The minimum atomic E-state index is -0.254. The Morgan fingerprint density at radius 2 is 2.00 bits per heavy atom. The number of amides is 1. The van der Waals surface area contributed by atoms with Gasteiger partial charge in [0.2, 0.25) is 0 Å². The standard InChI is InChI=1S/C16H14Br2N2O3/c1-10-3-2-4-12(5-10)20-15(21)9-23-16-13(17)6-11(8-19-22)7-14(16)18/h2-8,22H,9H2,1H3,(H,20,21)/b19-8+. The van der Waals surface area contributed by atoms with Gasteiger partial charge in [0.25, 0.3) is 5.91 Å². The van der Waals surface area contributed by atoms with Crippen molar-refractivity contribution < 1.29 is 14.7 Å². The van der Waals surface area contributed by atoms with Gasteiger partial charge in [-0.3, -0.25) is 4.79 Å². The van der Waals surface area contributed by atoms with Gasteiger partial charge in [-0.25, -0.2) is 0 Å². The van der Waals surface area contributed by atoms with Crippen LogP contribution in [0.4, 0.5) is 5.69 Å². The molecule has 0 atom stereocenters. The first-order valence-electron chi connectivity index (χ1n) is 6.65. The summed E-state index contributed by atoms with van der Waals surface area (Å²) in [5.74, 6) is 0.245. The Balaban J connectivity index is 2.01. The van der Waals surface area contributed by atoms with Gasteiger partial charge in [-0.2, -0.15) is 0 Å². The molecule has 0 spiro atoms. The number of nitrogens with one attached hydrogen (secondary N) is 1. The molecule has 0 aliphatic heterocycles. The van der Waals surface area contributed by atoms with Gasteiger partial charge < -0.3 is 15.3 Å². The molecule has 0 aliphatic rings. The number of benzene rings is 2. The second-order valence-corrected chi connectivity index (χ2v) is 6.47. The first-order chi connectivity index (χ1) is 11.0. The van der Waals surface area contributed by atoms with E-state index in [4.69, 9.17) is 9.94 Å². The van der Waals surface area contributed by atoms with Crippen molar-refractivity contribution in [2.75, 3.05) is 11.9 Å². The lowest BCUT2D eigenvalue weighted by Gasteiger charge is -2.11. The zero-order valence-corrected chi connectivity index (χ0v) is 15.4. The van der Waals surface area contributed by atoms with Crippen LogP contribution in [0.3, 0.4) is 0 Å². The van der Waals surface area contributed by atoms with Gasteiger partial charge in [-0.05, 0) is 74.2 Å². The van der Waals surface area contributed by atoms with Gasteiger partial charge in [0, 0.05) is 5.69 Å². The molecule has 23 heavy (non-hydrogen) atoms. The number of anilines is 1. The normalized spacial score (nSPS) is 10.7. The van der Waals surface area contributed by atoms with E-state index in [0.29, 0.717) is 20.3 Å². The maximum absolute atomic E-state index is 12.0. The van der Waals surface area contributed by atoms with E-state index in [1.807, 2.05) is 31.2 Å². The molecule has 1 amide bonds. The highest BCUT2D eigenvalue weighted by Crippen LogP contribution is 2.34. The fourth-order valence-electron chi connectivity index (χ4n) is 1.92. The highest BCUT2D eigenvalue weighted by molar-refractivity contribution is 9.11. The molecule has 0 aliphatic carbocycles. The van der Waals surface area contributed by atoms with Crippen LogP contribution in [0.1, 0.15) is 11.1 Å². The van der Waals surface area contributed by atoms with Crippen molar-refractivity contribution >= 4 is 49.7 Å². The molecule has 120 valence electrons. The zero-order chi connectivity index (χ0) is 16.8. The molecule has 2 aromatic rings.